The zero-order chi connectivity index (χ0) is 20.3. The lowest BCUT2D eigenvalue weighted by Crippen LogP contribution is -2.49. The first-order valence-corrected chi connectivity index (χ1v) is 9.40. The Kier molecular flexibility index (Phi) is 5.58. The van der Waals surface area contributed by atoms with Gasteiger partial charge in [-0.15, -0.1) is 0 Å². The van der Waals surface area contributed by atoms with Gasteiger partial charge in [-0.05, 0) is 45.0 Å². The van der Waals surface area contributed by atoms with Crippen LogP contribution in [0.5, 0.6) is 5.75 Å². The van der Waals surface area contributed by atoms with Crippen molar-refractivity contribution in [1.29, 1.82) is 0 Å². The van der Waals surface area contributed by atoms with Crippen LogP contribution >= 0.6 is 0 Å². The monoisotopic (exact) mass is 382 g/mol. The van der Waals surface area contributed by atoms with Crippen molar-refractivity contribution >= 4 is 17.6 Å². The van der Waals surface area contributed by atoms with E-state index in [1.165, 1.54) is 13.8 Å². The predicted molar refractivity (Wildman–Crippen MR) is 108 cm³/mol. The second-order valence-electron chi connectivity index (χ2n) is 7.53. The first-order valence-electron chi connectivity index (χ1n) is 9.40. The second-order valence-corrected chi connectivity index (χ2v) is 7.53. The summed E-state index contributed by atoms with van der Waals surface area (Å²) in [6, 6.07) is 15.0. The number of para-hydroxylation sites is 2. The number of amides is 1. The first-order chi connectivity index (χ1) is 13.3. The van der Waals surface area contributed by atoms with Gasteiger partial charge in [0.25, 0.3) is 5.91 Å². The number of nitrogens with zero attached hydrogens (tertiary/aromatic N) is 2. The van der Waals surface area contributed by atoms with E-state index in [1.807, 2.05) is 54.3 Å². The summed E-state index contributed by atoms with van der Waals surface area (Å²) in [6.45, 7) is 7.58. The van der Waals surface area contributed by atoms with Gasteiger partial charge in [-0.1, -0.05) is 29.8 Å². The minimum Gasteiger partial charge on any atom is -0.478 e. The van der Waals surface area contributed by atoms with Crippen LogP contribution in [0.25, 0.3) is 0 Å². The molecule has 1 aliphatic heterocycles. The number of piperazine rings is 1. The molecule has 6 nitrogen and oxygen atoms in total. The zero-order valence-electron chi connectivity index (χ0n) is 16.5. The van der Waals surface area contributed by atoms with Crippen LogP contribution in [0, 0.1) is 6.92 Å². The molecule has 1 saturated heterocycles. The molecule has 0 saturated carbocycles. The molecule has 0 atom stereocenters. The van der Waals surface area contributed by atoms with Crippen LogP contribution in [-0.2, 0) is 4.79 Å². The molecular formula is C22H26N2O4. The Labute approximate surface area is 165 Å². The van der Waals surface area contributed by atoms with E-state index in [2.05, 4.69) is 4.90 Å². The fraction of sp³-hybridized carbons (Fsp3) is 0.364. The third-order valence-electron chi connectivity index (χ3n) is 4.95. The highest BCUT2D eigenvalue weighted by molar-refractivity contribution is 5.94. The Morgan fingerprint density at radius 3 is 2.18 bits per heavy atom. The van der Waals surface area contributed by atoms with Crippen molar-refractivity contribution in [2.75, 3.05) is 31.1 Å². The molecule has 1 amide bonds. The average molecular weight is 382 g/mol. The minimum absolute atomic E-state index is 0.0381. The van der Waals surface area contributed by atoms with Crippen molar-refractivity contribution in [3.8, 4) is 5.75 Å². The van der Waals surface area contributed by atoms with Crippen LogP contribution in [0.2, 0.25) is 0 Å². The molecule has 0 spiro atoms. The van der Waals surface area contributed by atoms with Crippen molar-refractivity contribution in [2.24, 2.45) is 0 Å². The normalized spacial score (nSPS) is 14.7. The number of rotatable bonds is 5. The Bertz CT molecular complexity index is 853. The quantitative estimate of drug-likeness (QED) is 0.860. The molecular weight excluding hydrogens is 356 g/mol. The SMILES string of the molecule is Cc1ccc(C(=O)N2CCN(c3ccccc3OC(C)(C)C(=O)O)CC2)cc1. The van der Waals surface area contributed by atoms with Crippen LogP contribution in [0.15, 0.2) is 48.5 Å². The van der Waals surface area contributed by atoms with Gasteiger partial charge in [-0.2, -0.15) is 0 Å². The number of aryl methyl sites for hydroxylation is 1. The van der Waals surface area contributed by atoms with Crippen LogP contribution in [-0.4, -0.2) is 53.7 Å². The van der Waals surface area contributed by atoms with Gasteiger partial charge in [0.05, 0.1) is 5.69 Å². The topological polar surface area (TPSA) is 70.1 Å². The zero-order valence-corrected chi connectivity index (χ0v) is 16.5. The lowest BCUT2D eigenvalue weighted by molar-refractivity contribution is -0.152. The van der Waals surface area contributed by atoms with Gasteiger partial charge in [-0.3, -0.25) is 4.79 Å². The summed E-state index contributed by atoms with van der Waals surface area (Å²) in [5, 5.41) is 9.34. The van der Waals surface area contributed by atoms with Crippen molar-refractivity contribution in [3.63, 3.8) is 0 Å². The molecule has 1 N–H and O–H groups in total. The van der Waals surface area contributed by atoms with Gasteiger partial charge in [0.2, 0.25) is 0 Å². The van der Waals surface area contributed by atoms with Crippen molar-refractivity contribution in [2.45, 2.75) is 26.4 Å². The van der Waals surface area contributed by atoms with E-state index >= 15 is 0 Å². The molecule has 148 valence electrons. The Hall–Kier alpha value is -3.02. The Morgan fingerprint density at radius 1 is 0.964 bits per heavy atom. The molecule has 28 heavy (non-hydrogen) atoms. The van der Waals surface area contributed by atoms with E-state index < -0.39 is 11.6 Å². The van der Waals surface area contributed by atoms with Gasteiger partial charge >= 0.3 is 5.97 Å². The lowest BCUT2D eigenvalue weighted by Gasteiger charge is -2.37. The summed E-state index contributed by atoms with van der Waals surface area (Å²) < 4.78 is 5.78. The van der Waals surface area contributed by atoms with Gasteiger partial charge < -0.3 is 19.6 Å². The van der Waals surface area contributed by atoms with Gasteiger partial charge in [0, 0.05) is 31.7 Å². The van der Waals surface area contributed by atoms with E-state index in [0.29, 0.717) is 37.5 Å². The number of carbonyl (C=O) groups is 2. The number of hydrogen-bond acceptors (Lipinski definition) is 4. The molecule has 1 fully saturated rings. The predicted octanol–water partition coefficient (Wildman–Crippen LogP) is 3.20. The van der Waals surface area contributed by atoms with Crippen molar-refractivity contribution < 1.29 is 19.4 Å². The van der Waals surface area contributed by atoms with Gasteiger partial charge in [0.15, 0.2) is 5.60 Å². The Morgan fingerprint density at radius 2 is 1.57 bits per heavy atom. The number of ether oxygens (including phenoxy) is 1. The summed E-state index contributed by atoms with van der Waals surface area (Å²) in [7, 11) is 0. The average Bonchev–Trinajstić information content (AvgIpc) is 2.68. The lowest BCUT2D eigenvalue weighted by atomic mass is 10.1. The van der Waals surface area contributed by atoms with E-state index in [1.54, 1.807) is 6.07 Å². The molecule has 0 unspecified atom stereocenters. The Balaban J connectivity index is 1.69. The summed E-state index contributed by atoms with van der Waals surface area (Å²) in [4.78, 5) is 28.1. The standard InChI is InChI=1S/C22H26N2O4/c1-16-8-10-17(11-9-16)20(25)24-14-12-23(13-15-24)18-6-4-5-7-19(18)28-22(2,3)21(26)27/h4-11H,12-15H2,1-3H3,(H,26,27). The minimum atomic E-state index is -1.32. The molecule has 0 bridgehead atoms. The third kappa shape index (κ3) is 4.27. The van der Waals surface area contributed by atoms with E-state index in [4.69, 9.17) is 4.74 Å². The number of anilines is 1. The number of hydrogen-bond donors (Lipinski definition) is 1. The molecule has 6 heteroatoms. The molecule has 2 aromatic carbocycles. The van der Waals surface area contributed by atoms with Crippen LogP contribution in [0.3, 0.4) is 0 Å². The molecule has 1 aliphatic rings. The fourth-order valence-corrected chi connectivity index (χ4v) is 3.15. The number of carboxylic acid groups (broad SMARTS) is 1. The molecule has 0 aliphatic carbocycles. The van der Waals surface area contributed by atoms with E-state index in [-0.39, 0.29) is 5.91 Å². The molecule has 1 heterocycles. The van der Waals surface area contributed by atoms with E-state index in [0.717, 1.165) is 11.3 Å². The van der Waals surface area contributed by atoms with Crippen LogP contribution in [0.1, 0.15) is 29.8 Å². The first kappa shape index (κ1) is 19.7. The maximum Gasteiger partial charge on any atom is 0.347 e. The van der Waals surface area contributed by atoms with Crippen LogP contribution in [0.4, 0.5) is 5.69 Å². The highest BCUT2D eigenvalue weighted by Gasteiger charge is 2.31. The second kappa shape index (κ2) is 7.92. The highest BCUT2D eigenvalue weighted by Crippen LogP contribution is 2.32. The molecule has 2 aromatic rings. The van der Waals surface area contributed by atoms with Gasteiger partial charge in [-0.25, -0.2) is 4.79 Å². The fourth-order valence-electron chi connectivity index (χ4n) is 3.15. The largest absolute Gasteiger partial charge is 0.478 e. The highest BCUT2D eigenvalue weighted by atomic mass is 16.5. The maximum atomic E-state index is 12.7. The van der Waals surface area contributed by atoms with E-state index in [9.17, 15) is 14.7 Å². The third-order valence-corrected chi connectivity index (χ3v) is 4.95. The molecule has 3 rings (SSSR count). The van der Waals surface area contributed by atoms with Gasteiger partial charge in [0.1, 0.15) is 5.75 Å². The molecule has 0 aromatic heterocycles. The summed E-state index contributed by atoms with van der Waals surface area (Å²) >= 11 is 0. The summed E-state index contributed by atoms with van der Waals surface area (Å²) in [5.41, 5.74) is 1.35. The summed E-state index contributed by atoms with van der Waals surface area (Å²) in [5.74, 6) is -0.444. The summed E-state index contributed by atoms with van der Waals surface area (Å²) in [6.07, 6.45) is 0. The molecule has 0 radical (unpaired) electrons. The number of carboxylic acids is 1. The maximum absolute atomic E-state index is 12.7. The smallest absolute Gasteiger partial charge is 0.347 e. The number of benzene rings is 2. The van der Waals surface area contributed by atoms with Crippen LogP contribution < -0.4 is 9.64 Å². The van der Waals surface area contributed by atoms with Crippen molar-refractivity contribution in [3.05, 3.63) is 59.7 Å². The van der Waals surface area contributed by atoms with Crippen molar-refractivity contribution in [1.82, 2.24) is 4.90 Å². The number of carbonyl (C=O) groups excluding carboxylic acids is 1. The number of aliphatic carboxylic acids is 1.